The molecule has 5 N–H and O–H groups in total. The van der Waals surface area contributed by atoms with Gasteiger partial charge in [0.25, 0.3) is 0 Å². The van der Waals surface area contributed by atoms with E-state index in [2.05, 4.69) is 0 Å². The molecule has 68 valence electrons. The highest BCUT2D eigenvalue weighted by Gasteiger charge is 2.16. The number of phenolic OH excluding ortho intramolecular Hbond substituents is 2. The van der Waals surface area contributed by atoms with Crippen LogP contribution >= 0.6 is 10.9 Å². The van der Waals surface area contributed by atoms with Gasteiger partial charge in [-0.3, -0.25) is 0 Å². The Morgan fingerprint density at radius 3 is 1.92 bits per heavy atom. The fourth-order valence-corrected chi connectivity index (χ4v) is 1.19. The fraction of sp³-hybridized carbons (Fsp3) is 0. The highest BCUT2D eigenvalue weighted by Crippen LogP contribution is 2.45. The van der Waals surface area contributed by atoms with Gasteiger partial charge in [0.15, 0.2) is 11.5 Å². The molecular weight excluding hydrogens is 184 g/mol. The first kappa shape index (κ1) is 9.14. The molecule has 1 aromatic rings. The molecule has 0 aliphatic rings. The molecule has 0 radical (unpaired) electrons. The number of phenols is 2. The Labute approximate surface area is 70.1 Å². The molecule has 5 nitrogen and oxygen atoms in total. The van der Waals surface area contributed by atoms with Crippen LogP contribution in [0, 0.1) is 0 Å². The first-order valence-electron chi connectivity index (χ1n) is 2.94. The van der Waals surface area contributed by atoms with E-state index in [1.54, 1.807) is 0 Å². The first-order chi connectivity index (χ1) is 5.41. The topological polar surface area (TPSA) is 101 Å². The van der Waals surface area contributed by atoms with Gasteiger partial charge < -0.3 is 23.9 Å². The van der Waals surface area contributed by atoms with Gasteiger partial charge in [0, 0.05) is 6.07 Å². The van der Waals surface area contributed by atoms with E-state index in [1.165, 1.54) is 0 Å². The molecule has 0 saturated carbocycles. The van der Waals surface area contributed by atoms with Crippen molar-refractivity contribution < 1.29 is 23.9 Å². The van der Waals surface area contributed by atoms with Crippen molar-refractivity contribution in [3.8, 4) is 11.5 Å². The van der Waals surface area contributed by atoms with E-state index in [9.17, 15) is 0 Å². The summed E-state index contributed by atoms with van der Waals surface area (Å²) in [6.45, 7) is 0. The molecule has 0 aliphatic heterocycles. The van der Waals surface area contributed by atoms with Crippen molar-refractivity contribution in [2.45, 2.75) is 4.90 Å². The Hall–Kier alpha value is -0.950. The molecule has 0 unspecified atom stereocenters. The second kappa shape index (κ2) is 2.83. The third kappa shape index (κ3) is 1.80. The van der Waals surface area contributed by atoms with Gasteiger partial charge in [0.05, 0.1) is 4.90 Å². The predicted molar refractivity (Wildman–Crippen MR) is 43.5 cm³/mol. The zero-order valence-corrected chi connectivity index (χ0v) is 6.69. The Morgan fingerprint density at radius 1 is 0.917 bits per heavy atom. The molecular formula is C6H8O5S. The summed E-state index contributed by atoms with van der Waals surface area (Å²) >= 11 is 0. The molecule has 0 amide bonds. The fourth-order valence-electron chi connectivity index (χ4n) is 0.674. The van der Waals surface area contributed by atoms with Crippen molar-refractivity contribution in [2.75, 3.05) is 0 Å². The second-order valence-corrected chi connectivity index (χ2v) is 3.68. The van der Waals surface area contributed by atoms with Crippen molar-refractivity contribution in [3.05, 3.63) is 18.2 Å². The molecule has 0 saturated heterocycles. The van der Waals surface area contributed by atoms with E-state index in [0.717, 1.165) is 18.2 Å². The van der Waals surface area contributed by atoms with E-state index >= 15 is 0 Å². The molecule has 0 heterocycles. The molecule has 0 spiro atoms. The van der Waals surface area contributed by atoms with Crippen LogP contribution in [0.15, 0.2) is 23.1 Å². The van der Waals surface area contributed by atoms with Crippen LogP contribution < -0.4 is 0 Å². The molecule has 1 aromatic carbocycles. The van der Waals surface area contributed by atoms with Crippen molar-refractivity contribution >= 4 is 10.9 Å². The van der Waals surface area contributed by atoms with Gasteiger partial charge in [-0.1, -0.05) is 0 Å². The Bertz CT molecular complexity index is 292. The van der Waals surface area contributed by atoms with E-state index < -0.39 is 16.6 Å². The minimum absolute atomic E-state index is 0.238. The highest BCUT2D eigenvalue weighted by molar-refractivity contribution is 8.19. The third-order valence-electron chi connectivity index (χ3n) is 1.26. The minimum atomic E-state index is -3.81. The first-order valence-corrected chi connectivity index (χ1v) is 4.44. The van der Waals surface area contributed by atoms with Gasteiger partial charge in [0.2, 0.25) is 0 Å². The van der Waals surface area contributed by atoms with Crippen LogP contribution in [-0.4, -0.2) is 23.9 Å². The Morgan fingerprint density at radius 2 is 1.50 bits per heavy atom. The van der Waals surface area contributed by atoms with Crippen LogP contribution in [0.3, 0.4) is 0 Å². The molecule has 0 aromatic heterocycles. The molecule has 6 heteroatoms. The zero-order valence-electron chi connectivity index (χ0n) is 5.88. The summed E-state index contributed by atoms with van der Waals surface area (Å²) in [6.07, 6.45) is 0. The van der Waals surface area contributed by atoms with E-state index in [-0.39, 0.29) is 10.6 Å². The third-order valence-corrected chi connectivity index (χ3v) is 2.15. The quantitative estimate of drug-likeness (QED) is 0.436. The van der Waals surface area contributed by atoms with Crippen LogP contribution in [0.1, 0.15) is 0 Å². The molecule has 0 aliphatic carbocycles. The molecule has 0 atom stereocenters. The lowest BCUT2D eigenvalue weighted by atomic mass is 10.3. The summed E-state index contributed by atoms with van der Waals surface area (Å²) in [5, 5.41) is 17.7. The summed E-state index contributed by atoms with van der Waals surface area (Å²) in [7, 11) is -3.81. The van der Waals surface area contributed by atoms with Crippen molar-refractivity contribution in [1.29, 1.82) is 0 Å². The average molecular weight is 192 g/mol. The minimum Gasteiger partial charge on any atom is -0.504 e. The van der Waals surface area contributed by atoms with Crippen molar-refractivity contribution in [3.63, 3.8) is 0 Å². The molecule has 12 heavy (non-hydrogen) atoms. The normalized spacial score (nSPS) is 12.9. The molecule has 0 fully saturated rings. The SMILES string of the molecule is Oc1ccc(S(O)(O)O)cc1O. The van der Waals surface area contributed by atoms with E-state index in [1.807, 2.05) is 0 Å². The largest absolute Gasteiger partial charge is 0.504 e. The smallest absolute Gasteiger partial charge is 0.158 e. The lowest BCUT2D eigenvalue weighted by Crippen LogP contribution is -1.94. The maximum Gasteiger partial charge on any atom is 0.158 e. The number of hydrogen-bond acceptors (Lipinski definition) is 5. The lowest BCUT2D eigenvalue weighted by Gasteiger charge is -2.18. The summed E-state index contributed by atoms with van der Waals surface area (Å²) in [4.78, 5) is -0.238. The van der Waals surface area contributed by atoms with Crippen LogP contribution in [0.25, 0.3) is 0 Å². The lowest BCUT2D eigenvalue weighted by molar-refractivity contribution is 0.372. The van der Waals surface area contributed by atoms with Gasteiger partial charge in [-0.15, -0.1) is 0 Å². The summed E-state index contributed by atoms with van der Waals surface area (Å²) in [6, 6.07) is 3.03. The average Bonchev–Trinajstić information content (AvgIpc) is 1.92. The van der Waals surface area contributed by atoms with Crippen molar-refractivity contribution in [1.82, 2.24) is 0 Å². The second-order valence-electron chi connectivity index (χ2n) is 2.17. The van der Waals surface area contributed by atoms with Crippen LogP contribution in [-0.2, 0) is 0 Å². The summed E-state index contributed by atoms with van der Waals surface area (Å²) in [5.41, 5.74) is 0. The zero-order chi connectivity index (χ0) is 9.35. The number of benzene rings is 1. The number of rotatable bonds is 1. The predicted octanol–water partition coefficient (Wildman–Crippen LogP) is 1.68. The summed E-state index contributed by atoms with van der Waals surface area (Å²) in [5.74, 6) is -0.899. The van der Waals surface area contributed by atoms with Gasteiger partial charge in [-0.25, -0.2) is 0 Å². The molecule has 1 rings (SSSR count). The van der Waals surface area contributed by atoms with Gasteiger partial charge in [-0.2, -0.15) is 0 Å². The van der Waals surface area contributed by atoms with Crippen LogP contribution in [0.2, 0.25) is 0 Å². The van der Waals surface area contributed by atoms with Gasteiger partial charge in [-0.05, 0) is 12.1 Å². The van der Waals surface area contributed by atoms with Crippen LogP contribution in [0.4, 0.5) is 0 Å². The maximum atomic E-state index is 8.89. The Kier molecular flexibility index (Phi) is 2.16. The van der Waals surface area contributed by atoms with E-state index in [0.29, 0.717) is 0 Å². The monoisotopic (exact) mass is 192 g/mol. The number of hydrogen-bond donors (Lipinski definition) is 5. The van der Waals surface area contributed by atoms with Crippen molar-refractivity contribution in [2.24, 2.45) is 0 Å². The number of aromatic hydroxyl groups is 2. The van der Waals surface area contributed by atoms with Crippen LogP contribution in [0.5, 0.6) is 11.5 Å². The van der Waals surface area contributed by atoms with Gasteiger partial charge in [0.1, 0.15) is 10.9 Å². The standard InChI is InChI=1S/C6H8O5S/c7-5-2-1-4(3-6(5)8)12(9,10)11/h1-3,7-11H. The van der Waals surface area contributed by atoms with Gasteiger partial charge >= 0.3 is 0 Å². The maximum absolute atomic E-state index is 8.89. The highest BCUT2D eigenvalue weighted by atomic mass is 32.3. The molecule has 0 bridgehead atoms. The Balaban J connectivity index is 3.14. The summed E-state index contributed by atoms with van der Waals surface area (Å²) < 4.78 is 26.1. The van der Waals surface area contributed by atoms with E-state index in [4.69, 9.17) is 23.9 Å².